The lowest BCUT2D eigenvalue weighted by Gasteiger charge is -2.05. The summed E-state index contributed by atoms with van der Waals surface area (Å²) in [5.74, 6) is 0.715. The van der Waals surface area contributed by atoms with E-state index in [9.17, 15) is 0 Å². The molecule has 2 aromatic rings. The summed E-state index contributed by atoms with van der Waals surface area (Å²) in [6.45, 7) is 8.74. The highest BCUT2D eigenvalue weighted by Gasteiger charge is 2.05. The van der Waals surface area contributed by atoms with Crippen molar-refractivity contribution in [2.75, 3.05) is 13.1 Å². The van der Waals surface area contributed by atoms with Gasteiger partial charge in [-0.15, -0.1) is 21.5 Å². The van der Waals surface area contributed by atoms with E-state index in [1.165, 1.54) is 11.1 Å². The van der Waals surface area contributed by atoms with Crippen LogP contribution in [0.15, 0.2) is 24.3 Å². The molecule has 2 rings (SSSR count). The molecule has 4 heteroatoms. The molecule has 0 radical (unpaired) electrons. The summed E-state index contributed by atoms with van der Waals surface area (Å²) in [5, 5.41) is 14.4. The van der Waals surface area contributed by atoms with Crippen LogP contribution in [0, 0.1) is 12.8 Å². The van der Waals surface area contributed by atoms with Gasteiger partial charge in [-0.1, -0.05) is 43.7 Å². The Morgan fingerprint density at radius 3 is 2.76 bits per heavy atom. The number of nitrogens with one attached hydrogen (secondary N) is 1. The third-order valence-corrected chi connectivity index (χ3v) is 4.23. The second kappa shape index (κ2) is 8.25. The van der Waals surface area contributed by atoms with E-state index in [-0.39, 0.29) is 0 Å². The van der Waals surface area contributed by atoms with Crippen molar-refractivity contribution in [3.8, 4) is 0 Å². The maximum absolute atomic E-state index is 4.32. The first-order valence-corrected chi connectivity index (χ1v) is 8.52. The van der Waals surface area contributed by atoms with Crippen molar-refractivity contribution in [3.05, 3.63) is 45.4 Å². The van der Waals surface area contributed by atoms with E-state index in [1.807, 2.05) is 0 Å². The van der Waals surface area contributed by atoms with Gasteiger partial charge in [0.05, 0.1) is 0 Å². The number of aryl methyl sites for hydroxylation is 2. The average molecular weight is 303 g/mol. The van der Waals surface area contributed by atoms with E-state index in [2.05, 4.69) is 60.6 Å². The molecule has 0 atom stereocenters. The summed E-state index contributed by atoms with van der Waals surface area (Å²) in [4.78, 5) is 0. The van der Waals surface area contributed by atoms with Crippen LogP contribution in [0.2, 0.25) is 0 Å². The van der Waals surface area contributed by atoms with Crippen LogP contribution in [0.3, 0.4) is 0 Å². The quantitative estimate of drug-likeness (QED) is 0.757. The third kappa shape index (κ3) is 5.94. The molecular formula is C17H25N3S. The largest absolute Gasteiger partial charge is 0.316 e. The molecule has 1 aromatic carbocycles. The predicted octanol–water partition coefficient (Wildman–Crippen LogP) is 3.62. The van der Waals surface area contributed by atoms with Gasteiger partial charge in [0.15, 0.2) is 0 Å². The van der Waals surface area contributed by atoms with Gasteiger partial charge in [-0.3, -0.25) is 0 Å². The minimum absolute atomic E-state index is 0.715. The number of aromatic nitrogens is 2. The zero-order chi connectivity index (χ0) is 15.1. The molecule has 0 fully saturated rings. The Morgan fingerprint density at radius 2 is 2.00 bits per heavy atom. The number of benzene rings is 1. The van der Waals surface area contributed by atoms with Crippen molar-refractivity contribution in [1.29, 1.82) is 0 Å². The molecular weight excluding hydrogens is 278 g/mol. The number of nitrogens with zero attached hydrogens (tertiary/aromatic N) is 2. The fraction of sp³-hybridized carbons (Fsp3) is 0.529. The third-order valence-electron chi connectivity index (χ3n) is 3.24. The van der Waals surface area contributed by atoms with Crippen molar-refractivity contribution in [3.63, 3.8) is 0 Å². The molecule has 21 heavy (non-hydrogen) atoms. The summed E-state index contributed by atoms with van der Waals surface area (Å²) < 4.78 is 0. The molecule has 1 heterocycles. The van der Waals surface area contributed by atoms with E-state index in [4.69, 9.17) is 0 Å². The van der Waals surface area contributed by atoms with Crippen molar-refractivity contribution >= 4 is 11.3 Å². The second-order valence-electron chi connectivity index (χ2n) is 5.96. The van der Waals surface area contributed by atoms with E-state index < -0.39 is 0 Å². The lowest BCUT2D eigenvalue weighted by molar-refractivity contribution is 0.542. The fourth-order valence-corrected chi connectivity index (χ4v) is 3.13. The molecule has 0 aliphatic carbocycles. The van der Waals surface area contributed by atoms with Gasteiger partial charge < -0.3 is 5.32 Å². The molecule has 1 N–H and O–H groups in total. The molecule has 0 aliphatic heterocycles. The first kappa shape index (κ1) is 16.1. The summed E-state index contributed by atoms with van der Waals surface area (Å²) in [7, 11) is 0. The van der Waals surface area contributed by atoms with Crippen LogP contribution in [0.4, 0.5) is 0 Å². The first-order chi connectivity index (χ1) is 10.1. The maximum Gasteiger partial charge on any atom is 0.121 e. The van der Waals surface area contributed by atoms with Crippen molar-refractivity contribution < 1.29 is 0 Å². The van der Waals surface area contributed by atoms with Gasteiger partial charge in [0.1, 0.15) is 10.0 Å². The maximum atomic E-state index is 4.32. The van der Waals surface area contributed by atoms with Crippen molar-refractivity contribution in [2.45, 2.75) is 40.0 Å². The van der Waals surface area contributed by atoms with Gasteiger partial charge in [-0.05, 0) is 37.9 Å². The van der Waals surface area contributed by atoms with Crippen LogP contribution in [-0.4, -0.2) is 23.3 Å². The molecule has 114 valence electrons. The Kier molecular flexibility index (Phi) is 6.33. The molecule has 0 saturated carbocycles. The smallest absolute Gasteiger partial charge is 0.121 e. The molecule has 0 unspecified atom stereocenters. The van der Waals surface area contributed by atoms with Crippen molar-refractivity contribution in [1.82, 2.24) is 15.5 Å². The SMILES string of the molecule is Cc1cccc(Cc2nnc(CCCNCC(C)C)s2)c1. The molecule has 3 nitrogen and oxygen atoms in total. The summed E-state index contributed by atoms with van der Waals surface area (Å²) in [6.07, 6.45) is 3.05. The Morgan fingerprint density at radius 1 is 1.19 bits per heavy atom. The highest BCUT2D eigenvalue weighted by molar-refractivity contribution is 7.11. The summed E-state index contributed by atoms with van der Waals surface area (Å²) >= 11 is 1.75. The average Bonchev–Trinajstić information content (AvgIpc) is 2.85. The van der Waals surface area contributed by atoms with Gasteiger partial charge >= 0.3 is 0 Å². The highest BCUT2D eigenvalue weighted by Crippen LogP contribution is 2.16. The molecule has 1 aromatic heterocycles. The van der Waals surface area contributed by atoms with Crippen LogP contribution in [0.5, 0.6) is 0 Å². The van der Waals surface area contributed by atoms with Gasteiger partial charge in [-0.2, -0.15) is 0 Å². The van der Waals surface area contributed by atoms with E-state index in [0.717, 1.165) is 42.4 Å². The minimum Gasteiger partial charge on any atom is -0.316 e. The molecule has 0 aliphatic rings. The normalized spacial score (nSPS) is 11.2. The van der Waals surface area contributed by atoms with Gasteiger partial charge in [0, 0.05) is 12.8 Å². The lowest BCUT2D eigenvalue weighted by Crippen LogP contribution is -2.21. The van der Waals surface area contributed by atoms with Crippen molar-refractivity contribution in [2.24, 2.45) is 5.92 Å². The van der Waals surface area contributed by atoms with Crippen LogP contribution in [0.25, 0.3) is 0 Å². The topological polar surface area (TPSA) is 37.8 Å². The van der Waals surface area contributed by atoms with E-state index in [0.29, 0.717) is 5.92 Å². The summed E-state index contributed by atoms with van der Waals surface area (Å²) in [6, 6.07) is 8.60. The van der Waals surface area contributed by atoms with Gasteiger partial charge in [0.25, 0.3) is 0 Å². The van der Waals surface area contributed by atoms with Crippen LogP contribution in [-0.2, 0) is 12.8 Å². The Hall–Kier alpha value is -1.26. The fourth-order valence-electron chi connectivity index (χ4n) is 2.21. The number of rotatable bonds is 8. The second-order valence-corrected chi connectivity index (χ2v) is 7.10. The van der Waals surface area contributed by atoms with Crippen LogP contribution in [0.1, 0.15) is 41.4 Å². The summed E-state index contributed by atoms with van der Waals surface area (Å²) in [5.41, 5.74) is 2.62. The Bertz CT molecular complexity index is 548. The zero-order valence-corrected chi connectivity index (χ0v) is 14.0. The van der Waals surface area contributed by atoms with E-state index >= 15 is 0 Å². The first-order valence-electron chi connectivity index (χ1n) is 7.71. The highest BCUT2D eigenvalue weighted by atomic mass is 32.1. The minimum atomic E-state index is 0.715. The molecule has 0 spiro atoms. The molecule has 0 amide bonds. The van der Waals surface area contributed by atoms with Crippen LogP contribution >= 0.6 is 11.3 Å². The van der Waals surface area contributed by atoms with Gasteiger partial charge in [-0.25, -0.2) is 0 Å². The monoisotopic (exact) mass is 303 g/mol. The Labute approximate surface area is 131 Å². The number of hydrogen-bond acceptors (Lipinski definition) is 4. The van der Waals surface area contributed by atoms with Gasteiger partial charge in [0.2, 0.25) is 0 Å². The standard InChI is InChI=1S/C17H25N3S/c1-13(2)12-18-9-5-8-16-19-20-17(21-16)11-15-7-4-6-14(3)10-15/h4,6-7,10,13,18H,5,8-9,11-12H2,1-3H3. The zero-order valence-electron chi connectivity index (χ0n) is 13.2. The Balaban J connectivity index is 1.76. The predicted molar refractivity (Wildman–Crippen MR) is 89.9 cm³/mol. The number of hydrogen-bond donors (Lipinski definition) is 1. The molecule has 0 saturated heterocycles. The van der Waals surface area contributed by atoms with E-state index in [1.54, 1.807) is 11.3 Å². The molecule has 0 bridgehead atoms. The van der Waals surface area contributed by atoms with Crippen LogP contribution < -0.4 is 5.32 Å². The lowest BCUT2D eigenvalue weighted by atomic mass is 10.1.